The first-order valence-corrected chi connectivity index (χ1v) is 16.5. The lowest BCUT2D eigenvalue weighted by Gasteiger charge is -2.32. The molecule has 230 valence electrons. The number of rotatable bonds is 9. The second kappa shape index (κ2) is 13.2. The maximum Gasteiger partial charge on any atom is 0.268 e. The number of nitrogens with zero attached hydrogens (tertiary/aromatic N) is 3. The van der Waals surface area contributed by atoms with Crippen molar-refractivity contribution >= 4 is 21.9 Å². The molecule has 1 N–H and O–H groups in total. The van der Waals surface area contributed by atoms with Crippen LogP contribution in [0.2, 0.25) is 0 Å². The van der Waals surface area contributed by atoms with Crippen LogP contribution in [-0.4, -0.2) is 44.5 Å². The SMILES string of the molecule is COc1ccc(Cc2nc(N3CCC(Cc4ccccc4)CC3)ncc2C(=O)NS(=O)(=O)c2ccc(C(C)(C)C)cc2)cc1. The van der Waals surface area contributed by atoms with Gasteiger partial charge in [-0.05, 0) is 71.6 Å². The van der Waals surface area contributed by atoms with Gasteiger partial charge in [0.15, 0.2) is 0 Å². The molecule has 44 heavy (non-hydrogen) atoms. The van der Waals surface area contributed by atoms with Crippen LogP contribution in [0.5, 0.6) is 5.75 Å². The number of methoxy groups -OCH3 is 1. The van der Waals surface area contributed by atoms with Gasteiger partial charge in [-0.1, -0.05) is 75.4 Å². The van der Waals surface area contributed by atoms with Crippen LogP contribution < -0.4 is 14.4 Å². The summed E-state index contributed by atoms with van der Waals surface area (Å²) in [6, 6.07) is 24.6. The van der Waals surface area contributed by atoms with Crippen molar-refractivity contribution in [3.63, 3.8) is 0 Å². The van der Waals surface area contributed by atoms with Crippen LogP contribution in [-0.2, 0) is 28.3 Å². The van der Waals surface area contributed by atoms with Gasteiger partial charge < -0.3 is 9.64 Å². The van der Waals surface area contributed by atoms with Gasteiger partial charge in [0.2, 0.25) is 5.95 Å². The molecule has 2 heterocycles. The maximum absolute atomic E-state index is 13.5. The molecule has 3 aromatic carbocycles. The average Bonchev–Trinajstić information content (AvgIpc) is 3.02. The van der Waals surface area contributed by atoms with Crippen LogP contribution in [0.15, 0.2) is 90.0 Å². The average molecular weight is 613 g/mol. The molecule has 5 rings (SSSR count). The third kappa shape index (κ3) is 7.63. The number of carbonyl (C=O) groups excluding carboxylic acids is 1. The van der Waals surface area contributed by atoms with Gasteiger partial charge in [-0.15, -0.1) is 0 Å². The fourth-order valence-corrected chi connectivity index (χ4v) is 6.44. The Labute approximate surface area is 260 Å². The molecule has 4 aromatic rings. The molecule has 0 unspecified atom stereocenters. The molecule has 1 amide bonds. The lowest BCUT2D eigenvalue weighted by atomic mass is 9.87. The molecule has 8 nitrogen and oxygen atoms in total. The third-order valence-corrected chi connectivity index (χ3v) is 9.50. The molecular weight excluding hydrogens is 572 g/mol. The molecule has 1 aliphatic heterocycles. The molecule has 0 saturated carbocycles. The first-order valence-electron chi connectivity index (χ1n) is 15.0. The lowest BCUT2D eigenvalue weighted by Crippen LogP contribution is -2.36. The molecule has 0 atom stereocenters. The number of sulfonamides is 1. The number of benzene rings is 3. The fraction of sp³-hybridized carbons (Fsp3) is 0.343. The molecule has 9 heteroatoms. The summed E-state index contributed by atoms with van der Waals surface area (Å²) in [7, 11) is -2.51. The van der Waals surface area contributed by atoms with E-state index in [-0.39, 0.29) is 15.9 Å². The highest BCUT2D eigenvalue weighted by Gasteiger charge is 2.26. The monoisotopic (exact) mass is 612 g/mol. The van der Waals surface area contributed by atoms with Gasteiger partial charge in [-0.2, -0.15) is 0 Å². The van der Waals surface area contributed by atoms with Crippen molar-refractivity contribution < 1.29 is 17.9 Å². The molecule has 1 fully saturated rings. The van der Waals surface area contributed by atoms with E-state index in [0.29, 0.717) is 24.0 Å². The van der Waals surface area contributed by atoms with E-state index < -0.39 is 15.9 Å². The Morgan fingerprint density at radius 3 is 2.20 bits per heavy atom. The minimum atomic E-state index is -4.11. The predicted molar refractivity (Wildman–Crippen MR) is 173 cm³/mol. The smallest absolute Gasteiger partial charge is 0.268 e. The first-order chi connectivity index (χ1) is 21.0. The highest BCUT2D eigenvalue weighted by Crippen LogP contribution is 2.26. The standard InChI is InChI=1S/C35H40N4O4S/c1-35(2,3)28-12-16-30(17-13-28)44(41,42)38-33(40)31-24-36-34(37-32(31)23-26-10-14-29(43-4)15-11-26)39-20-18-27(19-21-39)22-25-8-6-5-7-9-25/h5-17,24,27H,18-23H2,1-4H3,(H,38,40). The second-order valence-corrected chi connectivity index (χ2v) is 14.1. The number of aromatic nitrogens is 2. The second-order valence-electron chi connectivity index (χ2n) is 12.4. The zero-order valence-electron chi connectivity index (χ0n) is 25.8. The van der Waals surface area contributed by atoms with Crippen molar-refractivity contribution in [2.24, 2.45) is 5.92 Å². The highest BCUT2D eigenvalue weighted by atomic mass is 32.2. The largest absolute Gasteiger partial charge is 0.497 e. The van der Waals surface area contributed by atoms with Gasteiger partial charge in [0.1, 0.15) is 5.75 Å². The van der Waals surface area contributed by atoms with E-state index >= 15 is 0 Å². The van der Waals surface area contributed by atoms with Crippen molar-refractivity contribution in [3.8, 4) is 5.75 Å². The number of carbonyl (C=O) groups is 1. The maximum atomic E-state index is 13.5. The highest BCUT2D eigenvalue weighted by molar-refractivity contribution is 7.90. The minimum Gasteiger partial charge on any atom is -0.497 e. The van der Waals surface area contributed by atoms with Crippen LogP contribution in [0.1, 0.15) is 66.4 Å². The number of piperidine rings is 1. The third-order valence-electron chi connectivity index (χ3n) is 8.15. The number of hydrogen-bond donors (Lipinski definition) is 1. The fourth-order valence-electron chi connectivity index (χ4n) is 5.47. The van der Waals surface area contributed by atoms with E-state index in [0.717, 1.165) is 49.2 Å². The molecule has 0 radical (unpaired) electrons. The quantitative estimate of drug-likeness (QED) is 0.249. The summed E-state index contributed by atoms with van der Waals surface area (Å²) in [6.07, 6.45) is 4.85. The molecule has 0 spiro atoms. The van der Waals surface area contributed by atoms with E-state index in [2.05, 4.69) is 59.6 Å². The summed E-state index contributed by atoms with van der Waals surface area (Å²) in [6.45, 7) is 7.78. The summed E-state index contributed by atoms with van der Waals surface area (Å²) in [5.41, 5.74) is 3.71. The summed E-state index contributed by atoms with van der Waals surface area (Å²) in [5, 5.41) is 0. The van der Waals surface area contributed by atoms with Crippen LogP contribution in [0.25, 0.3) is 0 Å². The molecule has 0 aliphatic carbocycles. The molecular formula is C35H40N4O4S. The van der Waals surface area contributed by atoms with Crippen molar-refractivity contribution in [2.45, 2.75) is 56.8 Å². The van der Waals surface area contributed by atoms with E-state index in [1.807, 2.05) is 30.3 Å². The van der Waals surface area contributed by atoms with Crippen LogP contribution >= 0.6 is 0 Å². The van der Waals surface area contributed by atoms with Crippen molar-refractivity contribution in [3.05, 3.63) is 113 Å². The van der Waals surface area contributed by atoms with Crippen LogP contribution in [0.4, 0.5) is 5.95 Å². The molecule has 1 aliphatic rings. The zero-order valence-corrected chi connectivity index (χ0v) is 26.6. The number of ether oxygens (including phenoxy) is 1. The topological polar surface area (TPSA) is 101 Å². The summed E-state index contributed by atoms with van der Waals surface area (Å²) < 4.78 is 33.9. The van der Waals surface area contributed by atoms with Gasteiger partial charge in [0, 0.05) is 25.7 Å². The molecule has 1 saturated heterocycles. The first kappa shape index (κ1) is 31.2. The Morgan fingerprint density at radius 1 is 0.932 bits per heavy atom. The van der Waals surface area contributed by atoms with Gasteiger partial charge in [0.05, 0.1) is 23.3 Å². The minimum absolute atomic E-state index is 0.0199. The predicted octanol–water partition coefficient (Wildman–Crippen LogP) is 5.95. The Balaban J connectivity index is 1.36. The van der Waals surface area contributed by atoms with Crippen LogP contribution in [0, 0.1) is 5.92 Å². The Kier molecular flexibility index (Phi) is 9.34. The number of nitrogens with one attached hydrogen (secondary N) is 1. The normalized spacial score (nSPS) is 14.3. The van der Waals surface area contributed by atoms with Gasteiger partial charge >= 0.3 is 0 Å². The number of anilines is 1. The lowest BCUT2D eigenvalue weighted by molar-refractivity contribution is 0.0979. The van der Waals surface area contributed by atoms with Crippen molar-refractivity contribution in [1.29, 1.82) is 0 Å². The Bertz CT molecular complexity index is 1680. The Morgan fingerprint density at radius 2 is 1.59 bits per heavy atom. The number of hydrogen-bond acceptors (Lipinski definition) is 7. The van der Waals surface area contributed by atoms with E-state index in [4.69, 9.17) is 9.72 Å². The summed E-state index contributed by atoms with van der Waals surface area (Å²) in [5.74, 6) is 1.09. The van der Waals surface area contributed by atoms with Crippen molar-refractivity contribution in [2.75, 3.05) is 25.1 Å². The van der Waals surface area contributed by atoms with Crippen LogP contribution in [0.3, 0.4) is 0 Å². The van der Waals surface area contributed by atoms with E-state index in [1.165, 1.54) is 23.9 Å². The van der Waals surface area contributed by atoms with E-state index in [9.17, 15) is 13.2 Å². The summed E-state index contributed by atoms with van der Waals surface area (Å²) in [4.78, 5) is 25.0. The molecule has 0 bridgehead atoms. The van der Waals surface area contributed by atoms with Gasteiger partial charge in [-0.3, -0.25) is 4.79 Å². The zero-order chi connectivity index (χ0) is 31.3. The van der Waals surface area contributed by atoms with Gasteiger partial charge in [0.25, 0.3) is 15.9 Å². The molecule has 1 aromatic heterocycles. The summed E-state index contributed by atoms with van der Waals surface area (Å²) >= 11 is 0. The Hall–Kier alpha value is -4.24. The number of amides is 1. The van der Waals surface area contributed by atoms with Gasteiger partial charge in [-0.25, -0.2) is 23.1 Å². The van der Waals surface area contributed by atoms with Crippen molar-refractivity contribution in [1.82, 2.24) is 14.7 Å². The van der Waals surface area contributed by atoms with E-state index in [1.54, 1.807) is 19.2 Å².